The predicted octanol–water partition coefficient (Wildman–Crippen LogP) is 2.14. The number of alkyl halides is 3. The van der Waals surface area contributed by atoms with Crippen molar-refractivity contribution < 1.29 is 22.8 Å². The molecule has 0 saturated heterocycles. The Hall–Kier alpha value is -2.11. The van der Waals surface area contributed by atoms with E-state index in [0.29, 0.717) is 5.56 Å². The third-order valence-corrected chi connectivity index (χ3v) is 2.67. The van der Waals surface area contributed by atoms with E-state index < -0.39 is 23.6 Å². The van der Waals surface area contributed by atoms with E-state index in [4.69, 9.17) is 0 Å². The summed E-state index contributed by atoms with van der Waals surface area (Å²) in [5.74, 6) is -1.10. The van der Waals surface area contributed by atoms with E-state index in [9.17, 15) is 22.8 Å². The minimum Gasteiger partial charge on any atom is -0.288 e. The van der Waals surface area contributed by atoms with Crippen molar-refractivity contribution in [2.24, 2.45) is 0 Å². The molecule has 1 N–H and O–H groups in total. The molecule has 0 unspecified atom stereocenters. The Balaban J connectivity index is 2.43. The number of benzene rings is 1. The van der Waals surface area contributed by atoms with Crippen molar-refractivity contribution in [1.82, 2.24) is 5.32 Å². The summed E-state index contributed by atoms with van der Waals surface area (Å²) in [6, 6.07) is 4.12. The van der Waals surface area contributed by atoms with Crippen molar-refractivity contribution in [3.8, 4) is 0 Å². The Bertz CT molecular complexity index is 556. The third kappa shape index (κ3) is 2.01. The van der Waals surface area contributed by atoms with Crippen LogP contribution in [0.25, 0.3) is 5.57 Å². The molecule has 0 bridgehead atoms. The van der Waals surface area contributed by atoms with Crippen LogP contribution in [0.15, 0.2) is 29.8 Å². The zero-order chi connectivity index (χ0) is 13.5. The largest absolute Gasteiger partial charge is 0.416 e. The Labute approximate surface area is 100 Å². The number of halogens is 3. The summed E-state index contributed by atoms with van der Waals surface area (Å²) in [5, 5.41) is 2.09. The van der Waals surface area contributed by atoms with E-state index >= 15 is 0 Å². The molecule has 0 aliphatic carbocycles. The number of nitrogens with one attached hydrogen (secondary N) is 1. The van der Waals surface area contributed by atoms with Gasteiger partial charge in [0, 0.05) is 5.57 Å². The Kier molecular flexibility index (Phi) is 2.73. The average molecular weight is 255 g/mol. The van der Waals surface area contributed by atoms with Gasteiger partial charge in [0.1, 0.15) is 0 Å². The maximum absolute atomic E-state index is 12.4. The molecule has 0 fully saturated rings. The summed E-state index contributed by atoms with van der Waals surface area (Å²) in [7, 11) is 0. The van der Waals surface area contributed by atoms with Crippen molar-refractivity contribution in [1.29, 1.82) is 0 Å². The minimum atomic E-state index is -4.42. The van der Waals surface area contributed by atoms with Crippen molar-refractivity contribution in [3.63, 3.8) is 0 Å². The quantitative estimate of drug-likeness (QED) is 0.781. The van der Waals surface area contributed by atoms with E-state index in [1.807, 2.05) is 0 Å². The van der Waals surface area contributed by atoms with Gasteiger partial charge in [0.05, 0.1) is 11.1 Å². The van der Waals surface area contributed by atoms with Crippen LogP contribution in [0.5, 0.6) is 0 Å². The first-order valence-corrected chi connectivity index (χ1v) is 5.05. The molecule has 1 aromatic rings. The Morgan fingerprint density at radius 1 is 1.00 bits per heavy atom. The monoisotopic (exact) mass is 255 g/mol. The fourth-order valence-corrected chi connectivity index (χ4v) is 1.72. The summed E-state index contributed by atoms with van der Waals surface area (Å²) in [5.41, 5.74) is -0.174. The van der Waals surface area contributed by atoms with Gasteiger partial charge in [0.2, 0.25) is 0 Å². The van der Waals surface area contributed by atoms with E-state index in [2.05, 4.69) is 5.32 Å². The van der Waals surface area contributed by atoms with Crippen LogP contribution in [0.4, 0.5) is 13.2 Å². The van der Waals surface area contributed by atoms with Crippen molar-refractivity contribution in [2.75, 3.05) is 0 Å². The Morgan fingerprint density at radius 3 is 1.94 bits per heavy atom. The molecule has 1 aliphatic rings. The molecule has 0 radical (unpaired) electrons. The van der Waals surface area contributed by atoms with Gasteiger partial charge >= 0.3 is 6.18 Å². The molecule has 0 atom stereocenters. The van der Waals surface area contributed by atoms with Gasteiger partial charge in [-0.15, -0.1) is 0 Å². The van der Waals surface area contributed by atoms with Crippen molar-refractivity contribution in [2.45, 2.75) is 13.1 Å². The molecule has 1 heterocycles. The molecule has 0 aromatic heterocycles. The van der Waals surface area contributed by atoms with Gasteiger partial charge in [-0.25, -0.2) is 0 Å². The van der Waals surface area contributed by atoms with E-state index in [1.165, 1.54) is 19.1 Å². The van der Waals surface area contributed by atoms with Gasteiger partial charge in [-0.3, -0.25) is 14.9 Å². The van der Waals surface area contributed by atoms with Gasteiger partial charge in [-0.05, 0) is 24.6 Å². The molecule has 1 aliphatic heterocycles. The van der Waals surface area contributed by atoms with E-state index in [-0.39, 0.29) is 11.1 Å². The van der Waals surface area contributed by atoms with Crippen LogP contribution < -0.4 is 5.32 Å². The van der Waals surface area contributed by atoms with Gasteiger partial charge in [-0.2, -0.15) is 13.2 Å². The lowest BCUT2D eigenvalue weighted by molar-refractivity contribution is -0.137. The van der Waals surface area contributed by atoms with Crippen LogP contribution in [-0.2, 0) is 15.8 Å². The number of rotatable bonds is 1. The van der Waals surface area contributed by atoms with Crippen LogP contribution in [0, 0.1) is 0 Å². The van der Waals surface area contributed by atoms with Crippen LogP contribution in [-0.4, -0.2) is 11.8 Å². The third-order valence-electron chi connectivity index (χ3n) is 2.67. The lowest BCUT2D eigenvalue weighted by Gasteiger charge is -2.07. The molecule has 3 nitrogen and oxygen atoms in total. The normalized spacial score (nSPS) is 16.2. The topological polar surface area (TPSA) is 46.2 Å². The molecule has 0 saturated carbocycles. The average Bonchev–Trinajstić information content (AvgIpc) is 2.52. The Morgan fingerprint density at radius 2 is 1.56 bits per heavy atom. The lowest BCUT2D eigenvalue weighted by Crippen LogP contribution is -2.22. The van der Waals surface area contributed by atoms with Crippen molar-refractivity contribution in [3.05, 3.63) is 41.0 Å². The first-order valence-electron chi connectivity index (χ1n) is 5.05. The molecule has 18 heavy (non-hydrogen) atoms. The minimum absolute atomic E-state index is 0.119. The second-order valence-electron chi connectivity index (χ2n) is 3.86. The zero-order valence-electron chi connectivity index (χ0n) is 9.26. The zero-order valence-corrected chi connectivity index (χ0v) is 9.26. The molecule has 1 aromatic carbocycles. The van der Waals surface area contributed by atoms with E-state index in [1.54, 1.807) is 0 Å². The second kappa shape index (κ2) is 3.97. The van der Waals surface area contributed by atoms with E-state index in [0.717, 1.165) is 12.1 Å². The highest BCUT2D eigenvalue weighted by Crippen LogP contribution is 2.31. The summed E-state index contributed by atoms with van der Waals surface area (Å²) in [6.07, 6.45) is -4.42. The predicted molar refractivity (Wildman–Crippen MR) is 57.2 cm³/mol. The van der Waals surface area contributed by atoms with Gasteiger partial charge in [-0.1, -0.05) is 12.1 Å². The number of carbonyl (C=O) groups excluding carboxylic acids is 2. The summed E-state index contributed by atoms with van der Waals surface area (Å²) >= 11 is 0. The van der Waals surface area contributed by atoms with Gasteiger partial charge in [0.15, 0.2) is 0 Å². The van der Waals surface area contributed by atoms with Crippen LogP contribution in [0.1, 0.15) is 18.1 Å². The lowest BCUT2D eigenvalue weighted by atomic mass is 10.0. The SMILES string of the molecule is CC1=C(c2ccc(C(F)(F)F)cc2)C(=O)NC1=O. The first-order chi connectivity index (χ1) is 8.30. The maximum atomic E-state index is 12.4. The van der Waals surface area contributed by atoms with Gasteiger partial charge < -0.3 is 0 Å². The van der Waals surface area contributed by atoms with Crippen LogP contribution in [0.2, 0.25) is 0 Å². The molecule has 2 amide bonds. The highest BCUT2D eigenvalue weighted by atomic mass is 19.4. The maximum Gasteiger partial charge on any atom is 0.416 e. The number of imide groups is 1. The smallest absolute Gasteiger partial charge is 0.288 e. The standard InChI is InChI=1S/C12H8F3NO2/c1-6-9(11(18)16-10(6)17)7-2-4-8(5-3-7)12(13,14)15/h2-5H,1H3,(H,16,17,18). The number of hydrogen-bond acceptors (Lipinski definition) is 2. The number of hydrogen-bond donors (Lipinski definition) is 1. The number of carbonyl (C=O) groups is 2. The van der Waals surface area contributed by atoms with Gasteiger partial charge in [0.25, 0.3) is 11.8 Å². The highest BCUT2D eigenvalue weighted by molar-refractivity contribution is 6.35. The molecule has 0 spiro atoms. The molecular formula is C12H8F3NO2. The fourth-order valence-electron chi connectivity index (χ4n) is 1.72. The fraction of sp³-hybridized carbons (Fsp3) is 0.167. The summed E-state index contributed by atoms with van der Waals surface area (Å²) in [6.45, 7) is 1.45. The van der Waals surface area contributed by atoms with Crippen LogP contribution in [0.3, 0.4) is 0 Å². The van der Waals surface area contributed by atoms with Crippen molar-refractivity contribution >= 4 is 17.4 Å². The van der Waals surface area contributed by atoms with Crippen LogP contribution >= 0.6 is 0 Å². The molecular weight excluding hydrogens is 247 g/mol. The highest BCUT2D eigenvalue weighted by Gasteiger charge is 2.31. The molecule has 2 rings (SSSR count). The first kappa shape index (κ1) is 12.3. The number of amides is 2. The second-order valence-corrected chi connectivity index (χ2v) is 3.86. The molecule has 6 heteroatoms. The summed E-state index contributed by atoms with van der Waals surface area (Å²) < 4.78 is 37.1. The molecule has 94 valence electrons. The summed E-state index contributed by atoms with van der Waals surface area (Å²) in [4.78, 5) is 22.7.